The van der Waals surface area contributed by atoms with Crippen LogP contribution in [0.2, 0.25) is 0 Å². The molecule has 8 heteroatoms. The van der Waals surface area contributed by atoms with E-state index < -0.39 is 0 Å². The molecule has 2 aliphatic heterocycles. The van der Waals surface area contributed by atoms with Crippen LogP contribution in [0.1, 0.15) is 12.8 Å². The Labute approximate surface area is 119 Å². The molecule has 1 amide bonds. The highest BCUT2D eigenvalue weighted by Crippen LogP contribution is 2.19. The highest BCUT2D eigenvalue weighted by molar-refractivity contribution is 7.13. The van der Waals surface area contributed by atoms with Crippen molar-refractivity contribution in [3.8, 4) is 0 Å². The lowest BCUT2D eigenvalue weighted by Gasteiger charge is -2.28. The summed E-state index contributed by atoms with van der Waals surface area (Å²) in [5.41, 5.74) is 1.57. The Hall–Kier alpha value is -1.80. The van der Waals surface area contributed by atoms with Crippen LogP contribution in [0.3, 0.4) is 0 Å². The molecular formula is C12H14N4O3S. The second-order valence-corrected chi connectivity index (χ2v) is 5.34. The first-order valence-electron chi connectivity index (χ1n) is 6.32. The van der Waals surface area contributed by atoms with Gasteiger partial charge in [0.25, 0.3) is 0 Å². The fraction of sp³-hybridized carbons (Fsp3) is 0.500. The molecule has 0 aliphatic carbocycles. The molecule has 7 nitrogen and oxygen atoms in total. The van der Waals surface area contributed by atoms with E-state index in [0.29, 0.717) is 24.8 Å². The van der Waals surface area contributed by atoms with Crippen molar-refractivity contribution in [3.05, 3.63) is 17.3 Å². The summed E-state index contributed by atoms with van der Waals surface area (Å²) >= 11 is 1.29. The van der Waals surface area contributed by atoms with Crippen molar-refractivity contribution < 1.29 is 14.3 Å². The number of hydrogen-bond acceptors (Lipinski definition) is 7. The number of ether oxygens (including phenoxy) is 2. The number of nitrogens with zero attached hydrogens (tertiary/aromatic N) is 3. The van der Waals surface area contributed by atoms with E-state index in [1.165, 1.54) is 11.3 Å². The number of aromatic nitrogens is 2. The summed E-state index contributed by atoms with van der Waals surface area (Å²) in [6, 6.07) is -0.187. The highest BCUT2D eigenvalue weighted by atomic mass is 32.1. The summed E-state index contributed by atoms with van der Waals surface area (Å²) in [5, 5.41) is 10.6. The number of carbonyl (C=O) groups excluding carboxylic acids is 1. The molecule has 0 saturated carbocycles. The second-order valence-electron chi connectivity index (χ2n) is 4.51. The maximum atomic E-state index is 11.8. The minimum atomic E-state index is -0.187. The van der Waals surface area contributed by atoms with E-state index in [2.05, 4.69) is 20.5 Å². The Morgan fingerprint density at radius 2 is 2.45 bits per heavy atom. The molecule has 3 heterocycles. The predicted molar refractivity (Wildman–Crippen MR) is 73.8 cm³/mol. The summed E-state index contributed by atoms with van der Waals surface area (Å²) in [5.74, 6) is 0.732. The van der Waals surface area contributed by atoms with E-state index in [1.54, 1.807) is 11.7 Å². The molecule has 0 bridgehead atoms. The summed E-state index contributed by atoms with van der Waals surface area (Å²) in [7, 11) is 0. The standard InChI is InChI=1S/C12H14N4O3S/c17-11(15-12-16-14-7-20-12)4-8-3-9(1-2-13-8)19-10-5-18-6-10/h2-3,7-8,10H,1,4-6H2,(H,15,16,17). The number of nitrogens with one attached hydrogen (secondary N) is 1. The van der Waals surface area contributed by atoms with Gasteiger partial charge in [0.2, 0.25) is 11.0 Å². The van der Waals surface area contributed by atoms with E-state index in [9.17, 15) is 4.79 Å². The van der Waals surface area contributed by atoms with Crippen LogP contribution in [0.25, 0.3) is 0 Å². The Balaban J connectivity index is 1.51. The fourth-order valence-corrected chi connectivity index (χ4v) is 2.35. The molecule has 0 aromatic carbocycles. The van der Waals surface area contributed by atoms with Crippen molar-refractivity contribution in [1.82, 2.24) is 10.2 Å². The molecule has 106 valence electrons. The van der Waals surface area contributed by atoms with Crippen molar-refractivity contribution in [2.45, 2.75) is 25.0 Å². The zero-order valence-electron chi connectivity index (χ0n) is 10.7. The molecule has 2 aliphatic rings. The summed E-state index contributed by atoms with van der Waals surface area (Å²) in [4.78, 5) is 16.1. The molecule has 1 saturated heterocycles. The van der Waals surface area contributed by atoms with Crippen LogP contribution in [0.4, 0.5) is 5.13 Å². The second kappa shape index (κ2) is 6.10. The van der Waals surface area contributed by atoms with Gasteiger partial charge in [-0.3, -0.25) is 9.79 Å². The van der Waals surface area contributed by atoms with Crippen LogP contribution >= 0.6 is 11.3 Å². The number of allylic oxidation sites excluding steroid dienone is 1. The van der Waals surface area contributed by atoms with Crippen LogP contribution in [0.5, 0.6) is 0 Å². The number of rotatable bonds is 5. The molecule has 0 radical (unpaired) electrons. The molecule has 1 fully saturated rings. The van der Waals surface area contributed by atoms with Crippen molar-refractivity contribution in [2.75, 3.05) is 18.5 Å². The number of hydrogen-bond donors (Lipinski definition) is 1. The Morgan fingerprint density at radius 1 is 1.55 bits per heavy atom. The Bertz CT molecular complexity index is 525. The lowest BCUT2D eigenvalue weighted by atomic mass is 10.1. The predicted octanol–water partition coefficient (Wildman–Crippen LogP) is 1.01. The lowest BCUT2D eigenvalue weighted by molar-refractivity contribution is -0.116. The largest absolute Gasteiger partial charge is 0.490 e. The first kappa shape index (κ1) is 13.2. The fourth-order valence-electron chi connectivity index (χ4n) is 1.89. The van der Waals surface area contributed by atoms with Crippen LogP contribution in [-0.4, -0.2) is 47.7 Å². The number of anilines is 1. The van der Waals surface area contributed by atoms with Gasteiger partial charge < -0.3 is 14.8 Å². The number of dihydropyridines is 1. The van der Waals surface area contributed by atoms with Gasteiger partial charge >= 0.3 is 0 Å². The van der Waals surface area contributed by atoms with Gasteiger partial charge in [0, 0.05) is 12.6 Å². The third-order valence-corrected chi connectivity index (χ3v) is 3.50. The smallest absolute Gasteiger partial charge is 0.228 e. The highest BCUT2D eigenvalue weighted by Gasteiger charge is 2.23. The van der Waals surface area contributed by atoms with Gasteiger partial charge in [0.15, 0.2) is 0 Å². The monoisotopic (exact) mass is 294 g/mol. The van der Waals surface area contributed by atoms with E-state index in [1.807, 2.05) is 6.08 Å². The molecule has 20 heavy (non-hydrogen) atoms. The molecule has 1 aromatic rings. The number of carbonyl (C=O) groups is 1. The van der Waals surface area contributed by atoms with Crippen LogP contribution in [0, 0.1) is 0 Å². The van der Waals surface area contributed by atoms with Crippen molar-refractivity contribution in [1.29, 1.82) is 0 Å². The molecule has 1 atom stereocenters. The minimum Gasteiger partial charge on any atom is -0.490 e. The normalized spacial score (nSPS) is 22.0. The molecule has 1 unspecified atom stereocenters. The molecule has 0 spiro atoms. The van der Waals surface area contributed by atoms with E-state index in [0.717, 1.165) is 5.76 Å². The topological polar surface area (TPSA) is 85.7 Å². The number of aliphatic imine (C=N–C) groups is 1. The maximum Gasteiger partial charge on any atom is 0.228 e. The minimum absolute atomic E-state index is 0.131. The van der Waals surface area contributed by atoms with Crippen LogP contribution in [-0.2, 0) is 14.3 Å². The van der Waals surface area contributed by atoms with Crippen molar-refractivity contribution in [2.24, 2.45) is 4.99 Å². The van der Waals surface area contributed by atoms with Crippen LogP contribution < -0.4 is 5.32 Å². The van der Waals surface area contributed by atoms with E-state index in [4.69, 9.17) is 9.47 Å². The molecular weight excluding hydrogens is 280 g/mol. The molecule has 1 aromatic heterocycles. The molecule has 1 N–H and O–H groups in total. The summed E-state index contributed by atoms with van der Waals surface area (Å²) < 4.78 is 10.8. The third-order valence-electron chi connectivity index (χ3n) is 2.89. The summed E-state index contributed by atoms with van der Waals surface area (Å²) in [6.07, 6.45) is 4.77. The van der Waals surface area contributed by atoms with E-state index in [-0.39, 0.29) is 24.5 Å². The van der Waals surface area contributed by atoms with Gasteiger partial charge in [-0.15, -0.1) is 10.2 Å². The third kappa shape index (κ3) is 3.40. The quantitative estimate of drug-likeness (QED) is 0.876. The lowest BCUT2D eigenvalue weighted by Crippen LogP contribution is -2.36. The zero-order valence-corrected chi connectivity index (χ0v) is 11.5. The van der Waals surface area contributed by atoms with Gasteiger partial charge in [0.1, 0.15) is 17.4 Å². The van der Waals surface area contributed by atoms with Crippen molar-refractivity contribution in [3.63, 3.8) is 0 Å². The Morgan fingerprint density at radius 3 is 3.15 bits per heavy atom. The average molecular weight is 294 g/mol. The van der Waals surface area contributed by atoms with Gasteiger partial charge in [-0.1, -0.05) is 11.3 Å². The first-order chi connectivity index (χ1) is 9.79. The SMILES string of the molecule is O=C(CC1C=C(OC2COC2)CC=N1)Nc1nncs1. The van der Waals surface area contributed by atoms with Gasteiger partial charge in [-0.25, -0.2) is 0 Å². The van der Waals surface area contributed by atoms with Gasteiger partial charge in [-0.05, 0) is 6.08 Å². The summed E-state index contributed by atoms with van der Waals surface area (Å²) in [6.45, 7) is 1.27. The van der Waals surface area contributed by atoms with Gasteiger partial charge in [0.05, 0.1) is 25.7 Å². The van der Waals surface area contributed by atoms with Crippen LogP contribution in [0.15, 0.2) is 22.3 Å². The maximum absolute atomic E-state index is 11.8. The van der Waals surface area contributed by atoms with Crippen molar-refractivity contribution >= 4 is 28.6 Å². The average Bonchev–Trinajstić information content (AvgIpc) is 2.87. The molecule has 3 rings (SSSR count). The first-order valence-corrected chi connectivity index (χ1v) is 7.20. The van der Waals surface area contributed by atoms with E-state index >= 15 is 0 Å². The number of amides is 1. The van der Waals surface area contributed by atoms with Gasteiger partial charge in [-0.2, -0.15) is 0 Å². The zero-order chi connectivity index (χ0) is 13.8. The Kier molecular flexibility index (Phi) is 4.03.